The van der Waals surface area contributed by atoms with Gasteiger partial charge in [0, 0.05) is 25.0 Å². The Hall–Kier alpha value is -2.96. The van der Waals surface area contributed by atoms with Crippen molar-refractivity contribution in [3.63, 3.8) is 0 Å². The van der Waals surface area contributed by atoms with Crippen molar-refractivity contribution >= 4 is 17.3 Å². The number of methoxy groups -OCH3 is 1. The van der Waals surface area contributed by atoms with E-state index >= 15 is 0 Å². The van der Waals surface area contributed by atoms with E-state index in [1.165, 1.54) is 25.3 Å². The van der Waals surface area contributed by atoms with Gasteiger partial charge in [-0.3, -0.25) is 15.1 Å². The van der Waals surface area contributed by atoms with Gasteiger partial charge in [-0.1, -0.05) is 0 Å². The Morgan fingerprint density at radius 2 is 2.05 bits per heavy atom. The molecule has 22 heavy (non-hydrogen) atoms. The van der Waals surface area contributed by atoms with E-state index in [0.29, 0.717) is 18.7 Å². The van der Waals surface area contributed by atoms with Crippen LogP contribution in [0.3, 0.4) is 0 Å². The standard InChI is InChI=1S/C15H15N3O4/c1-22-15(19)12-2-3-13(14(10-12)18(20)21)17-9-6-11-4-7-16-8-5-11/h2-5,7-8,10,17H,6,9H2,1H3. The molecule has 0 fully saturated rings. The first kappa shape index (κ1) is 15.4. The molecule has 0 aliphatic heterocycles. The number of nitro benzene ring substituents is 1. The summed E-state index contributed by atoms with van der Waals surface area (Å²) in [6, 6.07) is 7.98. The number of nitro groups is 1. The zero-order chi connectivity index (χ0) is 15.9. The molecule has 0 unspecified atom stereocenters. The Bertz CT molecular complexity index is 674. The smallest absolute Gasteiger partial charge is 0.338 e. The van der Waals surface area contributed by atoms with Crippen molar-refractivity contribution in [1.29, 1.82) is 0 Å². The highest BCUT2D eigenvalue weighted by Crippen LogP contribution is 2.25. The molecular weight excluding hydrogens is 286 g/mol. The summed E-state index contributed by atoms with van der Waals surface area (Å²) in [5.41, 5.74) is 1.44. The lowest BCUT2D eigenvalue weighted by Gasteiger charge is -2.08. The molecule has 1 heterocycles. The van der Waals surface area contributed by atoms with Crippen molar-refractivity contribution in [2.75, 3.05) is 19.0 Å². The van der Waals surface area contributed by atoms with Gasteiger partial charge in [0.05, 0.1) is 17.6 Å². The summed E-state index contributed by atoms with van der Waals surface area (Å²) in [6.07, 6.45) is 4.10. The van der Waals surface area contributed by atoms with Crippen LogP contribution in [0.25, 0.3) is 0 Å². The number of pyridine rings is 1. The highest BCUT2D eigenvalue weighted by molar-refractivity contribution is 5.91. The molecule has 0 saturated carbocycles. The van der Waals surface area contributed by atoms with Gasteiger partial charge in [0.15, 0.2) is 0 Å². The number of rotatable bonds is 6. The Balaban J connectivity index is 2.09. The molecular formula is C15H15N3O4. The van der Waals surface area contributed by atoms with Gasteiger partial charge in [-0.2, -0.15) is 0 Å². The third-order valence-electron chi connectivity index (χ3n) is 3.09. The van der Waals surface area contributed by atoms with E-state index < -0.39 is 10.9 Å². The SMILES string of the molecule is COC(=O)c1ccc(NCCc2ccncc2)c([N+](=O)[O-])c1. The second-order valence-corrected chi connectivity index (χ2v) is 4.51. The van der Waals surface area contributed by atoms with E-state index in [2.05, 4.69) is 15.0 Å². The second kappa shape index (κ2) is 7.16. The maximum absolute atomic E-state index is 11.4. The van der Waals surface area contributed by atoms with Crippen LogP contribution in [-0.2, 0) is 11.2 Å². The van der Waals surface area contributed by atoms with Crippen molar-refractivity contribution in [3.8, 4) is 0 Å². The van der Waals surface area contributed by atoms with Gasteiger partial charge in [0.2, 0.25) is 0 Å². The van der Waals surface area contributed by atoms with Crippen LogP contribution < -0.4 is 5.32 Å². The average molecular weight is 301 g/mol. The van der Waals surface area contributed by atoms with Gasteiger partial charge in [0.25, 0.3) is 5.69 Å². The summed E-state index contributed by atoms with van der Waals surface area (Å²) >= 11 is 0. The van der Waals surface area contributed by atoms with Gasteiger partial charge in [-0.15, -0.1) is 0 Å². The quantitative estimate of drug-likeness (QED) is 0.500. The molecule has 0 aliphatic carbocycles. The van der Waals surface area contributed by atoms with E-state index in [1.54, 1.807) is 12.4 Å². The third kappa shape index (κ3) is 3.78. The van der Waals surface area contributed by atoms with Crippen LogP contribution in [0.4, 0.5) is 11.4 Å². The number of anilines is 1. The number of hydrogen-bond acceptors (Lipinski definition) is 6. The Labute approximate surface area is 127 Å². The molecule has 0 spiro atoms. The summed E-state index contributed by atoms with van der Waals surface area (Å²) in [6.45, 7) is 0.530. The number of nitrogens with zero attached hydrogens (tertiary/aromatic N) is 2. The molecule has 7 nitrogen and oxygen atoms in total. The largest absolute Gasteiger partial charge is 0.465 e. The molecule has 0 atom stereocenters. The van der Waals surface area contributed by atoms with Gasteiger partial charge in [-0.05, 0) is 36.2 Å². The molecule has 114 valence electrons. The number of ether oxygens (including phenoxy) is 1. The molecule has 1 aromatic carbocycles. The van der Waals surface area contributed by atoms with Crippen LogP contribution in [0.2, 0.25) is 0 Å². The Kier molecular flexibility index (Phi) is 5.02. The van der Waals surface area contributed by atoms with Crippen LogP contribution in [-0.4, -0.2) is 29.5 Å². The summed E-state index contributed by atoms with van der Waals surface area (Å²) in [5, 5.41) is 14.1. The number of nitrogens with one attached hydrogen (secondary N) is 1. The van der Waals surface area contributed by atoms with Gasteiger partial charge in [0.1, 0.15) is 5.69 Å². The zero-order valence-corrected chi connectivity index (χ0v) is 12.0. The van der Waals surface area contributed by atoms with E-state index in [-0.39, 0.29) is 11.3 Å². The van der Waals surface area contributed by atoms with Crippen LogP contribution in [0.15, 0.2) is 42.7 Å². The van der Waals surface area contributed by atoms with E-state index in [0.717, 1.165) is 5.56 Å². The average Bonchev–Trinajstić information content (AvgIpc) is 2.55. The van der Waals surface area contributed by atoms with E-state index in [1.807, 2.05) is 12.1 Å². The fraction of sp³-hybridized carbons (Fsp3) is 0.200. The number of carbonyl (C=O) groups is 1. The monoisotopic (exact) mass is 301 g/mol. The van der Waals surface area contributed by atoms with Crippen molar-refractivity contribution in [2.24, 2.45) is 0 Å². The Morgan fingerprint density at radius 3 is 2.68 bits per heavy atom. The summed E-state index contributed by atoms with van der Waals surface area (Å²) < 4.78 is 4.56. The Morgan fingerprint density at radius 1 is 1.32 bits per heavy atom. The third-order valence-corrected chi connectivity index (χ3v) is 3.09. The lowest BCUT2D eigenvalue weighted by atomic mass is 10.1. The lowest BCUT2D eigenvalue weighted by molar-refractivity contribution is -0.384. The number of hydrogen-bond donors (Lipinski definition) is 1. The maximum Gasteiger partial charge on any atom is 0.338 e. The molecule has 1 aromatic heterocycles. The van der Waals surface area contributed by atoms with Crippen molar-refractivity contribution in [2.45, 2.75) is 6.42 Å². The maximum atomic E-state index is 11.4. The molecule has 0 bridgehead atoms. The summed E-state index contributed by atoms with van der Waals surface area (Å²) in [5.74, 6) is -0.605. The minimum Gasteiger partial charge on any atom is -0.465 e. The van der Waals surface area contributed by atoms with Crippen LogP contribution in [0.1, 0.15) is 15.9 Å². The van der Waals surface area contributed by atoms with Crippen LogP contribution in [0, 0.1) is 10.1 Å². The molecule has 2 aromatic rings. The summed E-state index contributed by atoms with van der Waals surface area (Å²) in [7, 11) is 1.23. The minimum absolute atomic E-state index is 0.147. The molecule has 0 aliphatic rings. The van der Waals surface area contributed by atoms with Gasteiger partial charge >= 0.3 is 5.97 Å². The fourth-order valence-corrected chi connectivity index (χ4v) is 1.97. The van der Waals surface area contributed by atoms with Crippen LogP contribution >= 0.6 is 0 Å². The van der Waals surface area contributed by atoms with Gasteiger partial charge < -0.3 is 10.1 Å². The second-order valence-electron chi connectivity index (χ2n) is 4.51. The van der Waals surface area contributed by atoms with E-state index in [4.69, 9.17) is 0 Å². The van der Waals surface area contributed by atoms with Gasteiger partial charge in [-0.25, -0.2) is 4.79 Å². The molecule has 0 saturated heterocycles. The highest BCUT2D eigenvalue weighted by atomic mass is 16.6. The molecule has 1 N–H and O–H groups in total. The molecule has 0 radical (unpaired) electrons. The predicted molar refractivity (Wildman–Crippen MR) is 80.9 cm³/mol. The van der Waals surface area contributed by atoms with Crippen molar-refractivity contribution in [3.05, 3.63) is 64.0 Å². The van der Waals surface area contributed by atoms with Crippen molar-refractivity contribution in [1.82, 2.24) is 4.98 Å². The summed E-state index contributed by atoms with van der Waals surface area (Å²) in [4.78, 5) is 26.0. The normalized spacial score (nSPS) is 10.0. The topological polar surface area (TPSA) is 94.4 Å². The molecule has 0 amide bonds. The number of aromatic nitrogens is 1. The van der Waals surface area contributed by atoms with Crippen LogP contribution in [0.5, 0.6) is 0 Å². The zero-order valence-electron chi connectivity index (χ0n) is 12.0. The van der Waals surface area contributed by atoms with Crippen molar-refractivity contribution < 1.29 is 14.5 Å². The molecule has 7 heteroatoms. The fourth-order valence-electron chi connectivity index (χ4n) is 1.97. The highest BCUT2D eigenvalue weighted by Gasteiger charge is 2.17. The minimum atomic E-state index is -0.605. The van der Waals surface area contributed by atoms with E-state index in [9.17, 15) is 14.9 Å². The first-order valence-corrected chi connectivity index (χ1v) is 6.61. The predicted octanol–water partition coefficient (Wildman–Crippen LogP) is 2.43. The lowest BCUT2D eigenvalue weighted by Crippen LogP contribution is -2.08. The first-order chi connectivity index (χ1) is 10.6. The number of carbonyl (C=O) groups excluding carboxylic acids is 1. The number of benzene rings is 1. The molecule has 2 rings (SSSR count). The first-order valence-electron chi connectivity index (χ1n) is 6.61. The number of esters is 1.